The lowest BCUT2D eigenvalue weighted by Crippen LogP contribution is -2.35. The Morgan fingerprint density at radius 2 is 2.12 bits per heavy atom. The molecule has 3 rings (SSSR count). The number of aliphatic imine (C=N–C) groups is 1. The second-order valence-electron chi connectivity index (χ2n) is 3.99. The third kappa shape index (κ3) is 1.81. The van der Waals surface area contributed by atoms with Gasteiger partial charge in [0.25, 0.3) is 0 Å². The van der Waals surface area contributed by atoms with Crippen LogP contribution in [0.25, 0.3) is 0 Å². The van der Waals surface area contributed by atoms with Gasteiger partial charge < -0.3 is 15.6 Å². The Bertz CT molecular complexity index is 531. The Hall–Kier alpha value is -2.14. The number of imidazole rings is 1. The van der Waals surface area contributed by atoms with Crippen LogP contribution in [0.5, 0.6) is 0 Å². The highest BCUT2D eigenvalue weighted by atomic mass is 15.3. The second-order valence-corrected chi connectivity index (χ2v) is 3.99. The van der Waals surface area contributed by atoms with E-state index in [0.717, 1.165) is 12.2 Å². The third-order valence-electron chi connectivity index (χ3n) is 2.84. The number of hydrogen-bond acceptors (Lipinski definition) is 4. The van der Waals surface area contributed by atoms with E-state index in [1.165, 1.54) is 5.56 Å². The van der Waals surface area contributed by atoms with Crippen LogP contribution in [0.3, 0.4) is 0 Å². The molecule has 2 aromatic rings. The van der Waals surface area contributed by atoms with Crippen molar-refractivity contribution in [1.29, 1.82) is 0 Å². The highest BCUT2D eigenvalue weighted by molar-refractivity contribution is 5.65. The Balaban J connectivity index is 1.83. The van der Waals surface area contributed by atoms with E-state index in [-0.39, 0.29) is 6.17 Å². The Labute approximate surface area is 99.0 Å². The number of benzene rings is 1. The summed E-state index contributed by atoms with van der Waals surface area (Å²) in [6.07, 6.45) is 3.15. The first kappa shape index (κ1) is 10.0. The molecule has 17 heavy (non-hydrogen) atoms. The maximum Gasteiger partial charge on any atom is 0.178 e. The van der Waals surface area contributed by atoms with Crippen LogP contribution in [-0.4, -0.2) is 21.2 Å². The first-order chi connectivity index (χ1) is 8.34. The summed E-state index contributed by atoms with van der Waals surface area (Å²) < 4.78 is 0. The van der Waals surface area contributed by atoms with E-state index >= 15 is 0 Å². The first-order valence-electron chi connectivity index (χ1n) is 5.47. The van der Waals surface area contributed by atoms with Crippen molar-refractivity contribution in [2.24, 2.45) is 10.7 Å². The van der Waals surface area contributed by atoms with Crippen molar-refractivity contribution in [2.75, 3.05) is 0 Å². The number of aromatic nitrogens is 2. The van der Waals surface area contributed by atoms with E-state index in [4.69, 9.17) is 5.73 Å². The van der Waals surface area contributed by atoms with Crippen LogP contribution >= 0.6 is 0 Å². The van der Waals surface area contributed by atoms with Gasteiger partial charge in [-0.05, 0) is 5.56 Å². The van der Waals surface area contributed by atoms with Crippen molar-refractivity contribution in [3.63, 3.8) is 0 Å². The van der Waals surface area contributed by atoms with Crippen LogP contribution in [-0.2, 0) is 6.54 Å². The molecule has 0 amide bonds. The number of aromatic amines is 1. The highest BCUT2D eigenvalue weighted by Gasteiger charge is 2.22. The lowest BCUT2D eigenvalue weighted by atomic mass is 10.2. The van der Waals surface area contributed by atoms with Gasteiger partial charge in [0.2, 0.25) is 0 Å². The van der Waals surface area contributed by atoms with Crippen LogP contribution in [0.2, 0.25) is 0 Å². The molecule has 0 saturated carbocycles. The van der Waals surface area contributed by atoms with Gasteiger partial charge in [0, 0.05) is 6.54 Å². The maximum absolute atomic E-state index is 6.15. The van der Waals surface area contributed by atoms with Gasteiger partial charge in [-0.3, -0.25) is 0 Å². The predicted octanol–water partition coefficient (Wildman–Crippen LogP) is 1.54. The van der Waals surface area contributed by atoms with Gasteiger partial charge in [-0.25, -0.2) is 9.98 Å². The number of nitrogens with two attached hydrogens (primary N) is 1. The molecule has 0 fully saturated rings. The number of H-pyrrole nitrogens is 1. The molecule has 1 unspecified atom stereocenters. The number of nitrogens with zero attached hydrogens (tertiary/aromatic N) is 3. The number of rotatable bonds is 2. The summed E-state index contributed by atoms with van der Waals surface area (Å²) in [7, 11) is 0. The van der Waals surface area contributed by atoms with Crippen LogP contribution in [0, 0.1) is 0 Å². The van der Waals surface area contributed by atoms with Crippen LogP contribution < -0.4 is 5.73 Å². The van der Waals surface area contributed by atoms with Crippen LogP contribution in [0.4, 0.5) is 5.82 Å². The average Bonchev–Trinajstić information content (AvgIpc) is 2.83. The largest absolute Gasteiger partial charge is 0.344 e. The number of fused-ring (bicyclic) bond motifs is 1. The van der Waals surface area contributed by atoms with Gasteiger partial charge in [0.15, 0.2) is 5.82 Å². The second kappa shape index (κ2) is 4.03. The average molecular weight is 227 g/mol. The van der Waals surface area contributed by atoms with E-state index in [9.17, 15) is 0 Å². The number of hydrogen-bond donors (Lipinski definition) is 2. The van der Waals surface area contributed by atoms with Gasteiger partial charge in [0.1, 0.15) is 6.17 Å². The first-order valence-corrected chi connectivity index (χ1v) is 5.47. The standard InChI is InChI=1S/C12H13N5/c13-11-10-12(15-7-14-10)16-8-17(11)6-9-4-2-1-3-5-9/h1-5,7-8,11H,6,13H2,(H,14,15). The van der Waals surface area contributed by atoms with E-state index in [1.54, 1.807) is 12.7 Å². The molecule has 2 heterocycles. The van der Waals surface area contributed by atoms with E-state index < -0.39 is 0 Å². The van der Waals surface area contributed by atoms with E-state index in [2.05, 4.69) is 27.1 Å². The van der Waals surface area contributed by atoms with Gasteiger partial charge >= 0.3 is 0 Å². The monoisotopic (exact) mass is 227 g/mol. The molecule has 5 heteroatoms. The minimum Gasteiger partial charge on any atom is -0.344 e. The summed E-state index contributed by atoms with van der Waals surface area (Å²) >= 11 is 0. The van der Waals surface area contributed by atoms with E-state index in [1.807, 2.05) is 23.1 Å². The van der Waals surface area contributed by atoms with Crippen LogP contribution in [0.15, 0.2) is 41.7 Å². The molecule has 1 aromatic carbocycles. The molecule has 0 spiro atoms. The molecule has 1 aliphatic rings. The Morgan fingerprint density at radius 3 is 2.94 bits per heavy atom. The van der Waals surface area contributed by atoms with Gasteiger partial charge in [0.05, 0.1) is 18.4 Å². The molecule has 1 aliphatic heterocycles. The Morgan fingerprint density at radius 1 is 1.29 bits per heavy atom. The fraction of sp³-hybridized carbons (Fsp3) is 0.167. The fourth-order valence-corrected chi connectivity index (χ4v) is 1.92. The van der Waals surface area contributed by atoms with E-state index in [0.29, 0.717) is 5.82 Å². The lowest BCUT2D eigenvalue weighted by molar-refractivity contribution is 0.316. The van der Waals surface area contributed by atoms with Gasteiger partial charge in [-0.15, -0.1) is 0 Å². The molecular formula is C12H13N5. The van der Waals surface area contributed by atoms with Gasteiger partial charge in [-0.2, -0.15) is 0 Å². The molecule has 0 aliphatic carbocycles. The molecule has 0 saturated heterocycles. The minimum atomic E-state index is -0.217. The predicted molar refractivity (Wildman–Crippen MR) is 65.7 cm³/mol. The topological polar surface area (TPSA) is 70.3 Å². The smallest absolute Gasteiger partial charge is 0.178 e. The summed E-state index contributed by atoms with van der Waals surface area (Å²) in [5.41, 5.74) is 8.22. The van der Waals surface area contributed by atoms with Crippen molar-refractivity contribution in [3.05, 3.63) is 47.9 Å². The Kier molecular flexibility index (Phi) is 2.38. The third-order valence-corrected chi connectivity index (χ3v) is 2.84. The summed E-state index contributed by atoms with van der Waals surface area (Å²) in [5.74, 6) is 0.682. The maximum atomic E-state index is 6.15. The lowest BCUT2D eigenvalue weighted by Gasteiger charge is -2.28. The quantitative estimate of drug-likeness (QED) is 0.817. The van der Waals surface area contributed by atoms with Crippen molar-refractivity contribution >= 4 is 12.2 Å². The molecule has 1 aromatic heterocycles. The van der Waals surface area contributed by atoms with Crippen molar-refractivity contribution in [1.82, 2.24) is 14.9 Å². The SMILES string of the molecule is NC1c2[nH]cnc2N=CN1Cc1ccccc1. The molecule has 0 radical (unpaired) electrons. The van der Waals surface area contributed by atoms with Crippen molar-refractivity contribution < 1.29 is 0 Å². The molecule has 5 nitrogen and oxygen atoms in total. The molecular weight excluding hydrogens is 214 g/mol. The summed E-state index contributed by atoms with van der Waals surface area (Å²) in [4.78, 5) is 13.4. The number of nitrogens with one attached hydrogen (secondary N) is 1. The highest BCUT2D eigenvalue weighted by Crippen LogP contribution is 2.26. The zero-order chi connectivity index (χ0) is 11.7. The normalized spacial score (nSPS) is 18.2. The molecule has 3 N–H and O–H groups in total. The minimum absolute atomic E-state index is 0.217. The van der Waals surface area contributed by atoms with Crippen LogP contribution in [0.1, 0.15) is 17.4 Å². The molecule has 86 valence electrons. The zero-order valence-corrected chi connectivity index (χ0v) is 9.24. The zero-order valence-electron chi connectivity index (χ0n) is 9.24. The fourth-order valence-electron chi connectivity index (χ4n) is 1.92. The summed E-state index contributed by atoms with van der Waals surface area (Å²) in [5, 5.41) is 0. The van der Waals surface area contributed by atoms with Crippen molar-refractivity contribution in [3.8, 4) is 0 Å². The summed E-state index contributed by atoms with van der Waals surface area (Å²) in [6, 6.07) is 10.2. The molecule has 0 bridgehead atoms. The van der Waals surface area contributed by atoms with Crippen molar-refractivity contribution in [2.45, 2.75) is 12.7 Å². The summed E-state index contributed by atoms with van der Waals surface area (Å²) in [6.45, 7) is 0.740. The molecule has 1 atom stereocenters. The van der Waals surface area contributed by atoms with Gasteiger partial charge in [-0.1, -0.05) is 30.3 Å².